The molecule has 2 rings (SSSR count). The Hall–Kier alpha value is -1.55. The molecule has 4 heteroatoms. The lowest BCUT2D eigenvalue weighted by Crippen LogP contribution is -2.29. The van der Waals surface area contributed by atoms with E-state index < -0.39 is 0 Å². The molecule has 0 radical (unpaired) electrons. The Morgan fingerprint density at radius 1 is 1.45 bits per heavy atom. The molecule has 1 amide bonds. The third kappa shape index (κ3) is 3.73. The molecule has 1 aromatic rings. The Bertz CT molecular complexity index is 448. The summed E-state index contributed by atoms with van der Waals surface area (Å²) in [6.07, 6.45) is 4.07. The van der Waals surface area contributed by atoms with Crippen LogP contribution in [0.15, 0.2) is 24.3 Å². The summed E-state index contributed by atoms with van der Waals surface area (Å²) in [5.41, 5.74) is 6.53. The Morgan fingerprint density at radius 3 is 3.05 bits per heavy atom. The number of carbonyl (C=O) groups is 1. The van der Waals surface area contributed by atoms with Gasteiger partial charge in [0.2, 0.25) is 5.91 Å². The maximum absolute atomic E-state index is 12.3. The largest absolute Gasteiger partial charge is 0.494 e. The van der Waals surface area contributed by atoms with E-state index in [2.05, 4.69) is 12.2 Å². The van der Waals surface area contributed by atoms with Crippen LogP contribution in [0.2, 0.25) is 0 Å². The van der Waals surface area contributed by atoms with E-state index in [1.807, 2.05) is 24.3 Å². The van der Waals surface area contributed by atoms with Crippen molar-refractivity contribution in [1.29, 1.82) is 0 Å². The van der Waals surface area contributed by atoms with Gasteiger partial charge in [-0.25, -0.2) is 0 Å². The minimum absolute atomic E-state index is 0.0558. The summed E-state index contributed by atoms with van der Waals surface area (Å²) in [6, 6.07) is 7.57. The van der Waals surface area contributed by atoms with E-state index in [1.165, 1.54) is 0 Å². The number of carbonyl (C=O) groups excluding carboxylic acids is 1. The average Bonchev–Trinajstić information content (AvgIpc) is 2.94. The summed E-state index contributed by atoms with van der Waals surface area (Å²) in [5, 5.41) is 2.99. The van der Waals surface area contributed by atoms with Crippen LogP contribution in [0.25, 0.3) is 0 Å². The van der Waals surface area contributed by atoms with Gasteiger partial charge in [0.1, 0.15) is 5.75 Å². The second kappa shape index (κ2) is 7.29. The number of benzene rings is 1. The molecular weight excluding hydrogens is 252 g/mol. The normalized spacial score (nSPS) is 21.7. The molecule has 20 heavy (non-hydrogen) atoms. The minimum atomic E-state index is 0.0558. The fourth-order valence-corrected chi connectivity index (χ4v) is 2.78. The summed E-state index contributed by atoms with van der Waals surface area (Å²) < 4.78 is 5.57. The van der Waals surface area contributed by atoms with Crippen molar-refractivity contribution in [2.75, 3.05) is 18.5 Å². The molecule has 1 saturated carbocycles. The summed E-state index contributed by atoms with van der Waals surface area (Å²) >= 11 is 0. The number of nitrogens with two attached hydrogens (primary N) is 1. The van der Waals surface area contributed by atoms with E-state index in [1.54, 1.807) is 0 Å². The van der Waals surface area contributed by atoms with E-state index in [0.29, 0.717) is 19.1 Å². The first kappa shape index (κ1) is 14.9. The van der Waals surface area contributed by atoms with Crippen LogP contribution in [0.3, 0.4) is 0 Å². The highest BCUT2D eigenvalue weighted by atomic mass is 16.5. The zero-order chi connectivity index (χ0) is 14.4. The molecule has 0 unspecified atom stereocenters. The number of hydrogen-bond donors (Lipinski definition) is 2. The van der Waals surface area contributed by atoms with Crippen LogP contribution in [0.1, 0.15) is 32.6 Å². The van der Waals surface area contributed by atoms with Crippen LogP contribution in [0.5, 0.6) is 5.75 Å². The quantitative estimate of drug-likeness (QED) is 0.839. The molecule has 0 aliphatic heterocycles. The van der Waals surface area contributed by atoms with Crippen LogP contribution >= 0.6 is 0 Å². The van der Waals surface area contributed by atoms with Crippen molar-refractivity contribution in [2.24, 2.45) is 17.6 Å². The lowest BCUT2D eigenvalue weighted by atomic mass is 9.95. The first-order valence-electron chi connectivity index (χ1n) is 7.48. The van der Waals surface area contributed by atoms with Gasteiger partial charge in [0.15, 0.2) is 0 Å². The summed E-state index contributed by atoms with van der Waals surface area (Å²) in [7, 11) is 0. The Kier molecular flexibility index (Phi) is 5.41. The number of anilines is 1. The average molecular weight is 276 g/mol. The molecule has 0 saturated heterocycles. The predicted octanol–water partition coefficient (Wildman–Crippen LogP) is 2.79. The van der Waals surface area contributed by atoms with Crippen LogP contribution in [-0.2, 0) is 4.79 Å². The lowest BCUT2D eigenvalue weighted by molar-refractivity contribution is -0.120. The molecule has 1 aliphatic rings. The van der Waals surface area contributed by atoms with Crippen LogP contribution in [0.4, 0.5) is 5.69 Å². The van der Waals surface area contributed by atoms with E-state index in [-0.39, 0.29) is 11.8 Å². The molecule has 1 aliphatic carbocycles. The molecule has 0 aromatic heterocycles. The van der Waals surface area contributed by atoms with Crippen molar-refractivity contribution in [3.05, 3.63) is 24.3 Å². The van der Waals surface area contributed by atoms with Crippen molar-refractivity contribution < 1.29 is 9.53 Å². The molecule has 2 atom stereocenters. The molecule has 0 spiro atoms. The van der Waals surface area contributed by atoms with Crippen molar-refractivity contribution in [2.45, 2.75) is 32.6 Å². The fourth-order valence-electron chi connectivity index (χ4n) is 2.78. The van der Waals surface area contributed by atoms with Gasteiger partial charge in [-0.2, -0.15) is 0 Å². The van der Waals surface area contributed by atoms with E-state index in [0.717, 1.165) is 37.1 Å². The van der Waals surface area contributed by atoms with Crippen molar-refractivity contribution >= 4 is 11.6 Å². The molecular formula is C16H24N2O2. The minimum Gasteiger partial charge on any atom is -0.494 e. The maximum atomic E-state index is 12.3. The van der Waals surface area contributed by atoms with Crippen LogP contribution in [-0.4, -0.2) is 19.1 Å². The molecule has 3 N–H and O–H groups in total. The second-order valence-corrected chi connectivity index (χ2v) is 5.40. The monoisotopic (exact) mass is 276 g/mol. The van der Waals surface area contributed by atoms with E-state index >= 15 is 0 Å². The Morgan fingerprint density at radius 2 is 2.30 bits per heavy atom. The van der Waals surface area contributed by atoms with Crippen molar-refractivity contribution in [3.8, 4) is 5.75 Å². The number of ether oxygens (including phenoxy) is 1. The van der Waals surface area contributed by atoms with Gasteiger partial charge >= 0.3 is 0 Å². The molecule has 0 heterocycles. The Labute approximate surface area is 120 Å². The van der Waals surface area contributed by atoms with Crippen LogP contribution < -0.4 is 15.8 Å². The predicted molar refractivity (Wildman–Crippen MR) is 80.7 cm³/mol. The van der Waals surface area contributed by atoms with E-state index in [9.17, 15) is 4.79 Å². The maximum Gasteiger partial charge on any atom is 0.227 e. The molecule has 1 fully saturated rings. The number of amides is 1. The van der Waals surface area contributed by atoms with Gasteiger partial charge in [0.25, 0.3) is 0 Å². The number of hydrogen-bond acceptors (Lipinski definition) is 3. The van der Waals surface area contributed by atoms with Gasteiger partial charge in [-0.15, -0.1) is 0 Å². The standard InChI is InChI=1S/C16H24N2O2/c1-2-9-20-14-7-4-6-13(10-14)18-16(19)15-8-3-5-12(15)11-17/h4,6-7,10,12,15H,2-3,5,8-9,11,17H2,1H3,(H,18,19)/t12-,15-/m1/s1. The molecule has 0 bridgehead atoms. The van der Waals surface area contributed by atoms with Gasteiger partial charge < -0.3 is 15.8 Å². The molecule has 4 nitrogen and oxygen atoms in total. The zero-order valence-electron chi connectivity index (χ0n) is 12.1. The fraction of sp³-hybridized carbons (Fsp3) is 0.562. The topological polar surface area (TPSA) is 64.3 Å². The SMILES string of the molecule is CCCOc1cccc(NC(=O)[C@@H]2CCC[C@@H]2CN)c1. The number of nitrogens with one attached hydrogen (secondary N) is 1. The third-order valence-corrected chi connectivity index (χ3v) is 3.87. The Balaban J connectivity index is 1.97. The van der Waals surface area contributed by atoms with Crippen LogP contribution in [0, 0.1) is 11.8 Å². The summed E-state index contributed by atoms with van der Waals surface area (Å²) in [6.45, 7) is 3.35. The lowest BCUT2D eigenvalue weighted by Gasteiger charge is -2.17. The molecule has 1 aromatic carbocycles. The van der Waals surface area contributed by atoms with Gasteiger partial charge in [-0.3, -0.25) is 4.79 Å². The van der Waals surface area contributed by atoms with Gasteiger partial charge in [0.05, 0.1) is 6.61 Å². The number of rotatable bonds is 6. The smallest absolute Gasteiger partial charge is 0.227 e. The summed E-state index contributed by atoms with van der Waals surface area (Å²) in [4.78, 5) is 12.3. The highest BCUT2D eigenvalue weighted by Crippen LogP contribution is 2.32. The second-order valence-electron chi connectivity index (χ2n) is 5.40. The molecule has 110 valence electrons. The van der Waals surface area contributed by atoms with Crippen molar-refractivity contribution in [1.82, 2.24) is 0 Å². The first-order chi connectivity index (χ1) is 9.74. The highest BCUT2D eigenvalue weighted by molar-refractivity contribution is 5.93. The zero-order valence-corrected chi connectivity index (χ0v) is 12.1. The van der Waals surface area contributed by atoms with Gasteiger partial charge in [-0.1, -0.05) is 19.4 Å². The first-order valence-corrected chi connectivity index (χ1v) is 7.48. The third-order valence-electron chi connectivity index (χ3n) is 3.87. The highest BCUT2D eigenvalue weighted by Gasteiger charge is 2.31. The van der Waals surface area contributed by atoms with Crippen molar-refractivity contribution in [3.63, 3.8) is 0 Å². The summed E-state index contributed by atoms with van der Waals surface area (Å²) in [5.74, 6) is 1.27. The van der Waals surface area contributed by atoms with Gasteiger partial charge in [-0.05, 0) is 43.9 Å². The van der Waals surface area contributed by atoms with E-state index in [4.69, 9.17) is 10.5 Å². The van der Waals surface area contributed by atoms with Gasteiger partial charge in [0, 0.05) is 17.7 Å².